The Morgan fingerprint density at radius 3 is 2.49 bits per heavy atom. The Morgan fingerprint density at radius 1 is 0.907 bits per heavy atom. The van der Waals surface area contributed by atoms with Crippen LogP contribution in [0.4, 0.5) is 11.6 Å². The number of piperidine rings is 1. The zero-order valence-corrected chi connectivity index (χ0v) is 24.8. The van der Waals surface area contributed by atoms with E-state index < -0.39 is 0 Å². The maximum absolute atomic E-state index is 12.8. The van der Waals surface area contributed by atoms with Gasteiger partial charge in [0.2, 0.25) is 0 Å². The van der Waals surface area contributed by atoms with Crippen LogP contribution in [0.1, 0.15) is 41.9 Å². The molecular formula is C33H38N8O2. The number of pyridine rings is 1. The fourth-order valence-electron chi connectivity index (χ4n) is 5.75. The molecule has 0 amide bonds. The minimum atomic E-state index is -0.0369. The summed E-state index contributed by atoms with van der Waals surface area (Å²) in [5.74, 6) is 2.52. The highest BCUT2D eigenvalue weighted by Crippen LogP contribution is 2.23. The van der Waals surface area contributed by atoms with Gasteiger partial charge in [0.1, 0.15) is 29.3 Å². The van der Waals surface area contributed by atoms with Gasteiger partial charge in [-0.2, -0.15) is 0 Å². The van der Waals surface area contributed by atoms with E-state index in [1.807, 2.05) is 37.3 Å². The SMILES string of the molecule is Cc1cccc(-c2nccc(Nc3ccnc(Cc4ccc(CN5CCC[C@H](C(=O)O[C@@H]6CCN(C)C6)C5)cc4)n3)n2)n1. The highest BCUT2D eigenvalue weighted by molar-refractivity contribution is 5.73. The standard InChI is InChI=1S/C33H38N8O2/c1-23-5-3-7-28(36-23)32-35-16-13-30(39-32)37-29-12-15-34-31(38-29)19-24-8-10-25(11-9-24)20-41-17-4-6-26(21-41)33(42)43-27-14-18-40(2)22-27/h3,5,7-13,15-16,26-27H,4,6,14,17-22H2,1-2H3,(H,34,35,37,38,39)/t26-,27+/m0/s1. The van der Waals surface area contributed by atoms with Gasteiger partial charge in [0.25, 0.3) is 0 Å². The molecule has 0 bridgehead atoms. The van der Waals surface area contributed by atoms with Gasteiger partial charge in [0.15, 0.2) is 5.82 Å². The first kappa shape index (κ1) is 28.8. The van der Waals surface area contributed by atoms with Crippen molar-refractivity contribution in [3.8, 4) is 11.5 Å². The fraction of sp³-hybridized carbons (Fsp3) is 0.394. The molecule has 2 aliphatic rings. The Labute approximate surface area is 252 Å². The summed E-state index contributed by atoms with van der Waals surface area (Å²) in [7, 11) is 2.07. The Bertz CT molecular complexity index is 1550. The number of likely N-dealkylation sites (N-methyl/N-ethyl adjacent to an activating group) is 1. The van der Waals surface area contributed by atoms with Crippen LogP contribution in [0.5, 0.6) is 0 Å². The molecule has 5 heterocycles. The number of anilines is 2. The highest BCUT2D eigenvalue weighted by Gasteiger charge is 2.30. The Hall–Kier alpha value is -4.28. The molecular weight excluding hydrogens is 540 g/mol. The first-order chi connectivity index (χ1) is 21.0. The van der Waals surface area contributed by atoms with Crippen molar-refractivity contribution in [2.45, 2.75) is 45.3 Å². The van der Waals surface area contributed by atoms with Crippen LogP contribution in [0.3, 0.4) is 0 Å². The number of nitrogens with one attached hydrogen (secondary N) is 1. The smallest absolute Gasteiger partial charge is 0.310 e. The predicted molar refractivity (Wildman–Crippen MR) is 165 cm³/mol. The van der Waals surface area contributed by atoms with E-state index in [2.05, 4.69) is 66.4 Å². The van der Waals surface area contributed by atoms with Gasteiger partial charge in [0.05, 0.1) is 5.92 Å². The zero-order chi connectivity index (χ0) is 29.6. The van der Waals surface area contributed by atoms with E-state index in [-0.39, 0.29) is 18.0 Å². The Kier molecular flexibility index (Phi) is 8.95. The minimum absolute atomic E-state index is 0.0273. The summed E-state index contributed by atoms with van der Waals surface area (Å²) in [5.41, 5.74) is 4.01. The number of nitrogens with zero attached hydrogens (tertiary/aromatic N) is 7. The highest BCUT2D eigenvalue weighted by atomic mass is 16.5. The number of ether oxygens (including phenoxy) is 1. The van der Waals surface area contributed by atoms with Crippen LogP contribution in [-0.2, 0) is 22.5 Å². The molecule has 10 heteroatoms. The van der Waals surface area contributed by atoms with Crippen LogP contribution >= 0.6 is 0 Å². The lowest BCUT2D eigenvalue weighted by Crippen LogP contribution is -2.40. The predicted octanol–water partition coefficient (Wildman–Crippen LogP) is 4.43. The van der Waals surface area contributed by atoms with Gasteiger partial charge < -0.3 is 15.0 Å². The largest absolute Gasteiger partial charge is 0.461 e. The molecule has 43 heavy (non-hydrogen) atoms. The van der Waals surface area contributed by atoms with E-state index in [1.54, 1.807) is 12.4 Å². The normalized spacial score (nSPS) is 19.3. The molecule has 2 saturated heterocycles. The van der Waals surface area contributed by atoms with E-state index in [1.165, 1.54) is 5.56 Å². The summed E-state index contributed by atoms with van der Waals surface area (Å²) in [6.07, 6.45) is 6.99. The van der Waals surface area contributed by atoms with E-state index in [9.17, 15) is 4.79 Å². The first-order valence-corrected chi connectivity index (χ1v) is 15.0. The molecule has 0 spiro atoms. The fourth-order valence-corrected chi connectivity index (χ4v) is 5.75. The number of aromatic nitrogens is 5. The molecule has 0 radical (unpaired) electrons. The third kappa shape index (κ3) is 7.77. The molecule has 222 valence electrons. The first-order valence-electron chi connectivity index (χ1n) is 15.0. The second kappa shape index (κ2) is 13.4. The average molecular weight is 579 g/mol. The third-order valence-corrected chi connectivity index (χ3v) is 8.00. The molecule has 3 aromatic heterocycles. The van der Waals surface area contributed by atoms with E-state index in [0.717, 1.165) is 74.8 Å². The number of hydrogen-bond acceptors (Lipinski definition) is 10. The van der Waals surface area contributed by atoms with E-state index in [0.29, 0.717) is 23.9 Å². The molecule has 2 fully saturated rings. The van der Waals surface area contributed by atoms with E-state index >= 15 is 0 Å². The summed E-state index contributed by atoms with van der Waals surface area (Å²) in [6, 6.07) is 18.0. The number of carbonyl (C=O) groups excluding carboxylic acids is 1. The quantitative estimate of drug-likeness (QED) is 0.287. The molecule has 1 aromatic carbocycles. The zero-order valence-electron chi connectivity index (χ0n) is 24.8. The van der Waals surface area contributed by atoms with Crippen LogP contribution in [0, 0.1) is 12.8 Å². The van der Waals surface area contributed by atoms with Gasteiger partial charge in [-0.25, -0.2) is 24.9 Å². The maximum Gasteiger partial charge on any atom is 0.310 e. The number of esters is 1. The molecule has 10 nitrogen and oxygen atoms in total. The summed E-state index contributed by atoms with van der Waals surface area (Å²) >= 11 is 0. The summed E-state index contributed by atoms with van der Waals surface area (Å²) in [5, 5.41) is 3.27. The average Bonchev–Trinajstić information content (AvgIpc) is 3.43. The van der Waals surface area contributed by atoms with Crippen molar-refractivity contribution in [3.63, 3.8) is 0 Å². The Morgan fingerprint density at radius 2 is 1.70 bits per heavy atom. The number of aryl methyl sites for hydroxylation is 1. The topological polar surface area (TPSA) is 109 Å². The lowest BCUT2D eigenvalue weighted by molar-refractivity contribution is -0.155. The molecule has 0 unspecified atom stereocenters. The minimum Gasteiger partial charge on any atom is -0.461 e. The molecule has 0 aliphatic carbocycles. The molecule has 4 aromatic rings. The van der Waals surface area contributed by atoms with Gasteiger partial charge in [-0.05, 0) is 75.2 Å². The Balaban J connectivity index is 1.03. The van der Waals surface area contributed by atoms with Gasteiger partial charge in [-0.1, -0.05) is 30.3 Å². The van der Waals surface area contributed by atoms with Crippen molar-refractivity contribution in [2.24, 2.45) is 5.92 Å². The third-order valence-electron chi connectivity index (χ3n) is 8.00. The molecule has 0 saturated carbocycles. The van der Waals surface area contributed by atoms with Crippen molar-refractivity contribution in [1.82, 2.24) is 34.7 Å². The summed E-state index contributed by atoms with van der Waals surface area (Å²) < 4.78 is 5.83. The maximum atomic E-state index is 12.8. The second-order valence-corrected chi connectivity index (χ2v) is 11.6. The number of hydrogen-bond donors (Lipinski definition) is 1. The van der Waals surface area contributed by atoms with Crippen LogP contribution in [0.2, 0.25) is 0 Å². The van der Waals surface area contributed by atoms with Gasteiger partial charge >= 0.3 is 5.97 Å². The van der Waals surface area contributed by atoms with Crippen molar-refractivity contribution in [1.29, 1.82) is 0 Å². The van der Waals surface area contributed by atoms with Crippen LogP contribution in [0.25, 0.3) is 11.5 Å². The molecule has 6 rings (SSSR count). The van der Waals surface area contributed by atoms with Gasteiger partial charge in [-0.3, -0.25) is 9.69 Å². The second-order valence-electron chi connectivity index (χ2n) is 11.6. The van der Waals surface area contributed by atoms with E-state index in [4.69, 9.17) is 9.72 Å². The lowest BCUT2D eigenvalue weighted by Gasteiger charge is -2.32. The van der Waals surface area contributed by atoms with Crippen molar-refractivity contribution >= 4 is 17.6 Å². The number of carbonyl (C=O) groups is 1. The number of benzene rings is 1. The summed E-state index contributed by atoms with van der Waals surface area (Å²) in [6.45, 7) is 6.37. The van der Waals surface area contributed by atoms with Crippen molar-refractivity contribution in [2.75, 3.05) is 38.5 Å². The van der Waals surface area contributed by atoms with Crippen LogP contribution < -0.4 is 5.32 Å². The van der Waals surface area contributed by atoms with Gasteiger partial charge in [0, 0.05) is 50.7 Å². The van der Waals surface area contributed by atoms with Crippen LogP contribution in [0.15, 0.2) is 67.0 Å². The monoisotopic (exact) mass is 578 g/mol. The lowest BCUT2D eigenvalue weighted by atomic mass is 9.97. The van der Waals surface area contributed by atoms with Gasteiger partial charge in [-0.15, -0.1) is 0 Å². The summed E-state index contributed by atoms with van der Waals surface area (Å²) in [4.78, 5) is 40.1. The number of rotatable bonds is 9. The van der Waals surface area contributed by atoms with Crippen LogP contribution in [-0.4, -0.2) is 80.0 Å². The number of likely N-dealkylation sites (tertiary alicyclic amines) is 2. The van der Waals surface area contributed by atoms with Crippen molar-refractivity contribution < 1.29 is 9.53 Å². The molecule has 2 atom stereocenters. The molecule has 1 N–H and O–H groups in total. The van der Waals surface area contributed by atoms with Crippen molar-refractivity contribution in [3.05, 3.63) is 89.6 Å². The molecule has 2 aliphatic heterocycles.